The van der Waals surface area contributed by atoms with Crippen LogP contribution in [0.15, 0.2) is 28.8 Å². The first-order valence-corrected chi connectivity index (χ1v) is 10.5. The molecule has 0 saturated carbocycles. The average molecular weight is 378 g/mol. The summed E-state index contributed by atoms with van der Waals surface area (Å²) in [7, 11) is -3.53. The van der Waals surface area contributed by atoms with Crippen LogP contribution in [0.25, 0.3) is 11.0 Å². The highest BCUT2D eigenvalue weighted by atomic mass is 32.2. The van der Waals surface area contributed by atoms with E-state index in [0.29, 0.717) is 37.5 Å². The van der Waals surface area contributed by atoms with Crippen LogP contribution in [0.4, 0.5) is 0 Å². The molecule has 2 saturated heterocycles. The summed E-state index contributed by atoms with van der Waals surface area (Å²) in [6.07, 6.45) is 1.59. The number of rotatable bonds is 4. The molecule has 140 valence electrons. The van der Waals surface area contributed by atoms with Crippen LogP contribution in [-0.4, -0.2) is 67.5 Å². The van der Waals surface area contributed by atoms with Crippen LogP contribution in [0.5, 0.6) is 0 Å². The number of hydrogen-bond donors (Lipinski definition) is 1. The van der Waals surface area contributed by atoms with Crippen molar-refractivity contribution in [3.05, 3.63) is 30.0 Å². The van der Waals surface area contributed by atoms with Gasteiger partial charge in [0.05, 0.1) is 6.54 Å². The van der Waals surface area contributed by atoms with Gasteiger partial charge in [0, 0.05) is 37.6 Å². The van der Waals surface area contributed by atoms with Crippen LogP contribution in [-0.2, 0) is 20.6 Å². The minimum absolute atomic E-state index is 0.0444. The van der Waals surface area contributed by atoms with Crippen molar-refractivity contribution in [3.8, 4) is 0 Å². The molecule has 0 radical (unpaired) electrons. The molecule has 4 rings (SSSR count). The Balaban J connectivity index is 1.51. The Hall–Kier alpha value is -1.97. The molecule has 3 heterocycles. The maximum Gasteiger partial charge on any atom is 0.236 e. The van der Waals surface area contributed by atoms with E-state index < -0.39 is 10.0 Å². The van der Waals surface area contributed by atoms with Gasteiger partial charge in [-0.25, -0.2) is 8.42 Å². The number of piperazine rings is 1. The van der Waals surface area contributed by atoms with Crippen molar-refractivity contribution in [1.29, 1.82) is 0 Å². The summed E-state index contributed by atoms with van der Waals surface area (Å²) in [6.45, 7) is 2.54. The van der Waals surface area contributed by atoms with Crippen molar-refractivity contribution in [3.63, 3.8) is 0 Å². The first-order valence-electron chi connectivity index (χ1n) is 8.86. The number of nitrogens with zero attached hydrogens (tertiary/aromatic N) is 3. The fourth-order valence-corrected chi connectivity index (χ4v) is 5.28. The molecule has 0 spiro atoms. The fourth-order valence-electron chi connectivity index (χ4n) is 3.74. The molecule has 1 aromatic heterocycles. The van der Waals surface area contributed by atoms with E-state index >= 15 is 0 Å². The van der Waals surface area contributed by atoms with E-state index in [1.165, 1.54) is 4.31 Å². The Morgan fingerprint density at radius 1 is 1.27 bits per heavy atom. The number of carbonyl (C=O) groups excluding carboxylic acids is 1. The van der Waals surface area contributed by atoms with E-state index in [4.69, 9.17) is 4.52 Å². The number of nitrogens with one attached hydrogen (secondary N) is 1. The van der Waals surface area contributed by atoms with Crippen LogP contribution in [0.2, 0.25) is 0 Å². The lowest BCUT2D eigenvalue weighted by Crippen LogP contribution is -2.57. The molecule has 2 aromatic rings. The fraction of sp³-hybridized carbons (Fsp3) is 0.529. The van der Waals surface area contributed by atoms with E-state index in [2.05, 4.69) is 10.5 Å². The van der Waals surface area contributed by atoms with Crippen LogP contribution < -0.4 is 5.32 Å². The molecule has 1 N–H and O–H groups in total. The van der Waals surface area contributed by atoms with Gasteiger partial charge in [-0.2, -0.15) is 4.31 Å². The lowest BCUT2D eigenvalue weighted by Gasteiger charge is -2.40. The summed E-state index contributed by atoms with van der Waals surface area (Å²) in [6, 6.07) is 7.19. The van der Waals surface area contributed by atoms with Crippen LogP contribution in [0.3, 0.4) is 0 Å². The number of amides is 1. The van der Waals surface area contributed by atoms with Crippen molar-refractivity contribution in [2.45, 2.75) is 24.6 Å². The highest BCUT2D eigenvalue weighted by molar-refractivity contribution is 7.88. The van der Waals surface area contributed by atoms with E-state index in [-0.39, 0.29) is 17.7 Å². The zero-order valence-corrected chi connectivity index (χ0v) is 15.2. The number of fused-ring (bicyclic) bond motifs is 1. The molecule has 1 aromatic carbocycles. The Morgan fingerprint density at radius 2 is 2.12 bits per heavy atom. The van der Waals surface area contributed by atoms with E-state index in [1.807, 2.05) is 23.1 Å². The molecule has 2 fully saturated rings. The first kappa shape index (κ1) is 17.4. The van der Waals surface area contributed by atoms with Gasteiger partial charge in [0.25, 0.3) is 0 Å². The minimum Gasteiger partial charge on any atom is -0.356 e. The Bertz CT molecular complexity index is 910. The third-order valence-corrected chi connectivity index (χ3v) is 6.85. The van der Waals surface area contributed by atoms with Gasteiger partial charge < -0.3 is 14.7 Å². The molecule has 1 amide bonds. The summed E-state index contributed by atoms with van der Waals surface area (Å²) in [4.78, 5) is 13.9. The Labute approximate surface area is 152 Å². The standard InChI is InChI=1S/C17H22N4O4S/c22-17-10-18-7-9-21(17)13-4-3-8-20(11-13)26(23,24)12-15-14-5-1-2-6-16(14)25-19-15/h1-2,5-6,13,18H,3-4,7-12H2. The number of carbonyl (C=O) groups is 1. The highest BCUT2D eigenvalue weighted by Gasteiger charge is 2.35. The summed E-state index contributed by atoms with van der Waals surface area (Å²) < 4.78 is 32.6. The maximum absolute atomic E-state index is 12.9. The molecule has 0 aliphatic carbocycles. The Kier molecular flexibility index (Phi) is 4.68. The van der Waals surface area contributed by atoms with Gasteiger partial charge in [-0.1, -0.05) is 17.3 Å². The lowest BCUT2D eigenvalue weighted by molar-refractivity contribution is -0.135. The van der Waals surface area contributed by atoms with Gasteiger partial charge in [0.15, 0.2) is 5.58 Å². The number of aromatic nitrogens is 1. The highest BCUT2D eigenvalue weighted by Crippen LogP contribution is 2.24. The van der Waals surface area contributed by atoms with Crippen molar-refractivity contribution in [1.82, 2.24) is 19.7 Å². The summed E-state index contributed by atoms with van der Waals surface area (Å²) in [5, 5.41) is 7.72. The van der Waals surface area contributed by atoms with Gasteiger partial charge in [0.2, 0.25) is 15.9 Å². The van der Waals surface area contributed by atoms with E-state index in [9.17, 15) is 13.2 Å². The number of para-hydroxylation sites is 1. The van der Waals surface area contributed by atoms with Crippen molar-refractivity contribution in [2.75, 3.05) is 32.7 Å². The largest absolute Gasteiger partial charge is 0.356 e. The molecule has 2 aliphatic rings. The smallest absolute Gasteiger partial charge is 0.236 e. The second-order valence-corrected chi connectivity index (χ2v) is 8.77. The number of benzene rings is 1. The normalized spacial score (nSPS) is 22.8. The topological polar surface area (TPSA) is 95.8 Å². The van der Waals surface area contributed by atoms with Crippen molar-refractivity contribution < 1.29 is 17.7 Å². The molecule has 1 atom stereocenters. The van der Waals surface area contributed by atoms with Gasteiger partial charge >= 0.3 is 0 Å². The van der Waals surface area contributed by atoms with Gasteiger partial charge in [-0.05, 0) is 25.0 Å². The molecule has 2 aliphatic heterocycles. The molecule has 26 heavy (non-hydrogen) atoms. The zero-order chi connectivity index (χ0) is 18.1. The van der Waals surface area contributed by atoms with Crippen molar-refractivity contribution >= 4 is 26.9 Å². The number of hydrogen-bond acceptors (Lipinski definition) is 6. The molecule has 0 bridgehead atoms. The third kappa shape index (κ3) is 3.34. The predicted octanol–water partition coefficient (Wildman–Crippen LogP) is 0.554. The zero-order valence-electron chi connectivity index (χ0n) is 14.4. The lowest BCUT2D eigenvalue weighted by atomic mass is 10.1. The summed E-state index contributed by atoms with van der Waals surface area (Å²) in [5.41, 5.74) is 1.02. The maximum atomic E-state index is 12.9. The number of sulfonamides is 1. The van der Waals surface area contributed by atoms with E-state index in [0.717, 1.165) is 24.8 Å². The first-order chi connectivity index (χ1) is 12.5. The monoisotopic (exact) mass is 378 g/mol. The molecule has 9 heteroatoms. The quantitative estimate of drug-likeness (QED) is 0.835. The van der Waals surface area contributed by atoms with E-state index in [1.54, 1.807) is 6.07 Å². The van der Waals surface area contributed by atoms with Crippen LogP contribution >= 0.6 is 0 Å². The molecule has 1 unspecified atom stereocenters. The average Bonchev–Trinajstić information content (AvgIpc) is 3.05. The van der Waals surface area contributed by atoms with Crippen LogP contribution in [0.1, 0.15) is 18.5 Å². The summed E-state index contributed by atoms with van der Waals surface area (Å²) in [5.74, 6) is -0.144. The molecule has 8 nitrogen and oxygen atoms in total. The minimum atomic E-state index is -3.53. The van der Waals surface area contributed by atoms with Gasteiger partial charge in [0.1, 0.15) is 11.4 Å². The molecular formula is C17H22N4O4S. The predicted molar refractivity (Wildman–Crippen MR) is 95.8 cm³/mol. The van der Waals surface area contributed by atoms with Crippen molar-refractivity contribution in [2.24, 2.45) is 0 Å². The third-order valence-electron chi connectivity index (χ3n) is 5.09. The number of piperidine rings is 1. The SMILES string of the molecule is O=C1CNCCN1C1CCCN(S(=O)(=O)Cc2noc3ccccc23)C1. The second kappa shape index (κ2) is 6.98. The Morgan fingerprint density at radius 3 is 2.96 bits per heavy atom. The van der Waals surface area contributed by atoms with Gasteiger partial charge in [-0.15, -0.1) is 0 Å². The second-order valence-electron chi connectivity index (χ2n) is 6.80. The molecular weight excluding hydrogens is 356 g/mol. The van der Waals surface area contributed by atoms with Gasteiger partial charge in [-0.3, -0.25) is 4.79 Å². The van der Waals surface area contributed by atoms with Crippen LogP contribution in [0, 0.1) is 0 Å². The summed E-state index contributed by atoms with van der Waals surface area (Å²) >= 11 is 0.